The topological polar surface area (TPSA) is 6.48 Å². The summed E-state index contributed by atoms with van der Waals surface area (Å²) in [5.41, 5.74) is 7.98. The van der Waals surface area contributed by atoms with Crippen LogP contribution in [0.4, 0.5) is 22.7 Å². The van der Waals surface area contributed by atoms with E-state index in [-0.39, 0.29) is 0 Å². The number of fused-ring (bicyclic) bond motifs is 5. The summed E-state index contributed by atoms with van der Waals surface area (Å²) in [6.07, 6.45) is 1.39. The highest BCUT2D eigenvalue weighted by molar-refractivity contribution is 5.91. The van der Waals surface area contributed by atoms with E-state index in [0.29, 0.717) is 6.17 Å². The smallest absolute Gasteiger partial charge is 0.115 e. The Bertz CT molecular complexity index is 885. The highest BCUT2D eigenvalue weighted by atomic mass is 15.4. The number of para-hydroxylation sites is 2. The summed E-state index contributed by atoms with van der Waals surface area (Å²) < 4.78 is 0. The number of hydrogen-bond donors (Lipinski definition) is 0. The molecule has 2 aliphatic heterocycles. The zero-order valence-corrected chi connectivity index (χ0v) is 13.1. The van der Waals surface area contributed by atoms with E-state index in [0.717, 1.165) is 6.42 Å². The van der Waals surface area contributed by atoms with Gasteiger partial charge in [0.25, 0.3) is 0 Å². The van der Waals surface area contributed by atoms with Gasteiger partial charge in [0.15, 0.2) is 0 Å². The zero-order chi connectivity index (χ0) is 15.4. The average Bonchev–Trinajstić information content (AvgIpc) is 3.10. The van der Waals surface area contributed by atoms with Crippen LogP contribution in [-0.2, 0) is 6.42 Å². The fraction of sp³-hybridized carbons (Fsp3) is 0.143. The predicted octanol–water partition coefficient (Wildman–Crippen LogP) is 5.17. The van der Waals surface area contributed by atoms with Crippen LogP contribution >= 0.6 is 0 Å². The molecule has 5 rings (SSSR count). The molecule has 0 aromatic heterocycles. The van der Waals surface area contributed by atoms with E-state index in [2.05, 4.69) is 89.5 Å². The van der Waals surface area contributed by atoms with E-state index in [9.17, 15) is 0 Å². The molecule has 2 heteroatoms. The molecule has 3 aromatic carbocycles. The molecule has 0 amide bonds. The van der Waals surface area contributed by atoms with Gasteiger partial charge in [-0.05, 0) is 48.4 Å². The minimum Gasteiger partial charge on any atom is -0.318 e. The Balaban J connectivity index is 1.74. The van der Waals surface area contributed by atoms with Crippen molar-refractivity contribution in [2.24, 2.45) is 0 Å². The van der Waals surface area contributed by atoms with E-state index in [1.165, 1.54) is 33.9 Å². The van der Waals surface area contributed by atoms with Crippen LogP contribution in [0, 0.1) is 6.92 Å². The molecule has 0 N–H and O–H groups in total. The first kappa shape index (κ1) is 12.8. The van der Waals surface area contributed by atoms with Crippen molar-refractivity contribution in [1.29, 1.82) is 0 Å². The fourth-order valence-corrected chi connectivity index (χ4v) is 3.95. The Hall–Kier alpha value is -2.74. The lowest BCUT2D eigenvalue weighted by atomic mass is 10.1. The highest BCUT2D eigenvalue weighted by Gasteiger charge is 2.42. The Morgan fingerprint density at radius 2 is 1.52 bits per heavy atom. The number of rotatable bonds is 1. The van der Waals surface area contributed by atoms with Crippen LogP contribution in [0.5, 0.6) is 0 Å². The third-order valence-electron chi connectivity index (χ3n) is 4.93. The monoisotopic (exact) mass is 298 g/mol. The second-order valence-electron chi connectivity index (χ2n) is 6.38. The lowest BCUT2D eigenvalue weighted by Gasteiger charge is -2.27. The Kier molecular flexibility index (Phi) is 2.57. The van der Waals surface area contributed by atoms with Crippen molar-refractivity contribution in [2.75, 3.05) is 9.80 Å². The summed E-state index contributed by atoms with van der Waals surface area (Å²) >= 11 is 0. The predicted molar refractivity (Wildman–Crippen MR) is 95.8 cm³/mol. The standard InChI is InChI=1S/C21H18N2/c1-15-11-12-19-20(13-15)23-18-10-6-5-7-16(18)14-21(23)22(19)17-8-3-2-4-9-17/h2-13,21H,14H2,1H3. The second kappa shape index (κ2) is 4.63. The van der Waals surface area contributed by atoms with Crippen LogP contribution in [0.2, 0.25) is 0 Å². The van der Waals surface area contributed by atoms with Crippen LogP contribution < -0.4 is 9.80 Å². The molecule has 2 heterocycles. The van der Waals surface area contributed by atoms with Gasteiger partial charge < -0.3 is 9.80 Å². The van der Waals surface area contributed by atoms with Gasteiger partial charge in [0, 0.05) is 17.8 Å². The quantitative estimate of drug-likeness (QED) is 0.611. The van der Waals surface area contributed by atoms with Crippen LogP contribution in [0.3, 0.4) is 0 Å². The Morgan fingerprint density at radius 3 is 2.39 bits per heavy atom. The summed E-state index contributed by atoms with van der Waals surface area (Å²) in [4.78, 5) is 4.99. The Labute approximate surface area is 136 Å². The number of benzene rings is 3. The van der Waals surface area contributed by atoms with Crippen LogP contribution in [0.1, 0.15) is 11.1 Å². The average molecular weight is 298 g/mol. The summed E-state index contributed by atoms with van der Waals surface area (Å²) in [6.45, 7) is 2.17. The van der Waals surface area contributed by atoms with Crippen LogP contribution in [0.25, 0.3) is 0 Å². The van der Waals surface area contributed by atoms with Crippen molar-refractivity contribution in [3.63, 3.8) is 0 Å². The molecule has 0 aliphatic carbocycles. The third kappa shape index (κ3) is 1.75. The molecular weight excluding hydrogens is 280 g/mol. The van der Waals surface area contributed by atoms with Gasteiger partial charge >= 0.3 is 0 Å². The molecule has 0 saturated heterocycles. The van der Waals surface area contributed by atoms with E-state index >= 15 is 0 Å². The maximum Gasteiger partial charge on any atom is 0.115 e. The second-order valence-corrected chi connectivity index (χ2v) is 6.38. The van der Waals surface area contributed by atoms with Gasteiger partial charge in [-0.3, -0.25) is 0 Å². The van der Waals surface area contributed by atoms with Crippen molar-refractivity contribution >= 4 is 22.7 Å². The van der Waals surface area contributed by atoms with E-state index in [1.807, 2.05) is 0 Å². The number of aryl methyl sites for hydroxylation is 1. The fourth-order valence-electron chi connectivity index (χ4n) is 3.95. The van der Waals surface area contributed by atoms with Crippen molar-refractivity contribution in [2.45, 2.75) is 19.5 Å². The van der Waals surface area contributed by atoms with Crippen molar-refractivity contribution in [1.82, 2.24) is 0 Å². The normalized spacial score (nSPS) is 17.9. The molecule has 0 saturated carbocycles. The molecule has 2 aliphatic rings. The van der Waals surface area contributed by atoms with Gasteiger partial charge in [0.1, 0.15) is 6.17 Å². The molecule has 1 unspecified atom stereocenters. The van der Waals surface area contributed by atoms with Crippen molar-refractivity contribution < 1.29 is 0 Å². The van der Waals surface area contributed by atoms with Crippen molar-refractivity contribution in [3.05, 3.63) is 83.9 Å². The van der Waals surface area contributed by atoms with Gasteiger partial charge in [0.2, 0.25) is 0 Å². The molecule has 0 bridgehead atoms. The highest BCUT2D eigenvalue weighted by Crippen LogP contribution is 2.52. The maximum atomic E-state index is 2.50. The van der Waals surface area contributed by atoms with E-state index in [1.54, 1.807) is 0 Å². The molecule has 3 aromatic rings. The summed E-state index contributed by atoms with van der Waals surface area (Å²) in [7, 11) is 0. The first-order valence-corrected chi connectivity index (χ1v) is 8.15. The first-order valence-electron chi connectivity index (χ1n) is 8.15. The van der Waals surface area contributed by atoms with Gasteiger partial charge in [-0.2, -0.15) is 0 Å². The maximum absolute atomic E-state index is 2.50. The molecule has 23 heavy (non-hydrogen) atoms. The number of nitrogens with zero attached hydrogens (tertiary/aromatic N) is 2. The van der Waals surface area contributed by atoms with Gasteiger partial charge in [-0.25, -0.2) is 0 Å². The Morgan fingerprint density at radius 1 is 0.739 bits per heavy atom. The SMILES string of the molecule is Cc1ccc2c(c1)N1c3ccccc3CC1N2c1ccccc1. The molecule has 0 fully saturated rings. The molecule has 1 atom stereocenters. The van der Waals surface area contributed by atoms with Crippen molar-refractivity contribution in [3.8, 4) is 0 Å². The largest absolute Gasteiger partial charge is 0.318 e. The van der Waals surface area contributed by atoms with Crippen LogP contribution in [0.15, 0.2) is 72.8 Å². The zero-order valence-electron chi connectivity index (χ0n) is 13.1. The number of anilines is 4. The minimum absolute atomic E-state index is 0.339. The number of hydrogen-bond acceptors (Lipinski definition) is 2. The van der Waals surface area contributed by atoms with Gasteiger partial charge in [-0.1, -0.05) is 42.5 Å². The molecule has 0 spiro atoms. The van der Waals surface area contributed by atoms with E-state index < -0.39 is 0 Å². The first-order chi connectivity index (χ1) is 11.3. The van der Waals surface area contributed by atoms with E-state index in [4.69, 9.17) is 0 Å². The lowest BCUT2D eigenvalue weighted by Crippen LogP contribution is -2.35. The molecule has 2 nitrogen and oxygen atoms in total. The lowest BCUT2D eigenvalue weighted by molar-refractivity contribution is 0.729. The molecule has 112 valence electrons. The summed E-state index contributed by atoms with van der Waals surface area (Å²) in [5, 5.41) is 0. The summed E-state index contributed by atoms with van der Waals surface area (Å²) in [6, 6.07) is 26.3. The molecular formula is C21H18N2. The third-order valence-corrected chi connectivity index (χ3v) is 4.93. The minimum atomic E-state index is 0.339. The van der Waals surface area contributed by atoms with Crippen LogP contribution in [-0.4, -0.2) is 6.17 Å². The molecule has 0 radical (unpaired) electrons. The van der Waals surface area contributed by atoms with Gasteiger partial charge in [0.05, 0.1) is 11.4 Å². The van der Waals surface area contributed by atoms with Gasteiger partial charge in [-0.15, -0.1) is 0 Å². The summed E-state index contributed by atoms with van der Waals surface area (Å²) in [5.74, 6) is 0.